The Kier molecular flexibility index (Phi) is 2.97. The fourth-order valence-electron chi connectivity index (χ4n) is 1.02. The number of aromatic nitrogens is 1. The van der Waals surface area contributed by atoms with E-state index in [0.29, 0.717) is 12.8 Å². The molecular weight excluding hydrogens is 150 g/mol. The molecule has 64 valence electrons. The number of ketones is 1. The van der Waals surface area contributed by atoms with Gasteiger partial charge in [-0.2, -0.15) is 0 Å². The standard InChI is InChI=1S/C10H13NO/c1-3-9(12)7-10-8(2)5-4-6-11-10/h4-6H,3,7H2,1-2H3. The Balaban J connectivity index is 2.75. The third kappa shape index (κ3) is 2.16. The summed E-state index contributed by atoms with van der Waals surface area (Å²) >= 11 is 0. The first kappa shape index (κ1) is 8.91. The van der Waals surface area contributed by atoms with Crippen molar-refractivity contribution >= 4 is 5.78 Å². The van der Waals surface area contributed by atoms with Crippen LogP contribution in [0.5, 0.6) is 0 Å². The smallest absolute Gasteiger partial charge is 0.138 e. The summed E-state index contributed by atoms with van der Waals surface area (Å²) in [7, 11) is 0. The zero-order valence-corrected chi connectivity index (χ0v) is 7.50. The maximum absolute atomic E-state index is 11.1. The first-order valence-corrected chi connectivity index (χ1v) is 4.16. The Bertz CT molecular complexity index is 281. The van der Waals surface area contributed by atoms with Crippen molar-refractivity contribution in [2.75, 3.05) is 0 Å². The Morgan fingerprint density at radius 1 is 1.58 bits per heavy atom. The molecule has 0 fully saturated rings. The Hall–Kier alpha value is -1.18. The SMILES string of the molecule is CCC(=O)Cc1ncccc1C. The van der Waals surface area contributed by atoms with Crippen molar-refractivity contribution < 1.29 is 4.79 Å². The Morgan fingerprint density at radius 3 is 2.92 bits per heavy atom. The van der Waals surface area contributed by atoms with Gasteiger partial charge < -0.3 is 0 Å². The molecule has 0 unspecified atom stereocenters. The molecule has 0 amide bonds. The molecule has 0 spiro atoms. The number of hydrogen-bond acceptors (Lipinski definition) is 2. The van der Waals surface area contributed by atoms with E-state index in [4.69, 9.17) is 0 Å². The van der Waals surface area contributed by atoms with Gasteiger partial charge in [0.15, 0.2) is 0 Å². The van der Waals surface area contributed by atoms with Gasteiger partial charge in [-0.25, -0.2) is 0 Å². The van der Waals surface area contributed by atoms with E-state index in [1.165, 1.54) is 0 Å². The fraction of sp³-hybridized carbons (Fsp3) is 0.400. The molecule has 0 atom stereocenters. The molecule has 0 bridgehead atoms. The molecule has 0 aliphatic carbocycles. The van der Waals surface area contributed by atoms with Gasteiger partial charge in [0, 0.05) is 19.0 Å². The minimum atomic E-state index is 0.247. The summed E-state index contributed by atoms with van der Waals surface area (Å²) in [6.07, 6.45) is 2.80. The molecule has 1 rings (SSSR count). The number of aryl methyl sites for hydroxylation is 1. The molecule has 2 heteroatoms. The van der Waals surface area contributed by atoms with Crippen LogP contribution in [-0.2, 0) is 11.2 Å². The van der Waals surface area contributed by atoms with Crippen molar-refractivity contribution in [1.29, 1.82) is 0 Å². The molecule has 0 radical (unpaired) electrons. The quantitative estimate of drug-likeness (QED) is 0.681. The first-order valence-electron chi connectivity index (χ1n) is 4.16. The van der Waals surface area contributed by atoms with E-state index >= 15 is 0 Å². The predicted octanol–water partition coefficient (Wildman–Crippen LogP) is 1.91. The Morgan fingerprint density at radius 2 is 2.33 bits per heavy atom. The lowest BCUT2D eigenvalue weighted by Gasteiger charge is -2.01. The van der Waals surface area contributed by atoms with Crippen molar-refractivity contribution in [1.82, 2.24) is 4.98 Å². The normalized spacial score (nSPS) is 9.83. The van der Waals surface area contributed by atoms with Crippen LogP contribution in [-0.4, -0.2) is 10.8 Å². The molecule has 0 aliphatic heterocycles. The van der Waals surface area contributed by atoms with Gasteiger partial charge in [0.2, 0.25) is 0 Å². The van der Waals surface area contributed by atoms with E-state index in [-0.39, 0.29) is 5.78 Å². The summed E-state index contributed by atoms with van der Waals surface area (Å²) in [5.74, 6) is 0.247. The second-order valence-electron chi connectivity index (χ2n) is 2.84. The molecular formula is C10H13NO. The van der Waals surface area contributed by atoms with Gasteiger partial charge >= 0.3 is 0 Å². The highest BCUT2D eigenvalue weighted by atomic mass is 16.1. The molecule has 0 N–H and O–H groups in total. The molecule has 1 aromatic rings. The molecule has 0 aromatic carbocycles. The van der Waals surface area contributed by atoms with Crippen LogP contribution < -0.4 is 0 Å². The van der Waals surface area contributed by atoms with Crippen LogP contribution in [0.4, 0.5) is 0 Å². The van der Waals surface area contributed by atoms with Gasteiger partial charge in [-0.05, 0) is 18.6 Å². The zero-order valence-electron chi connectivity index (χ0n) is 7.50. The first-order chi connectivity index (χ1) is 5.74. The van der Waals surface area contributed by atoms with E-state index < -0.39 is 0 Å². The van der Waals surface area contributed by atoms with E-state index in [1.807, 2.05) is 26.0 Å². The molecule has 1 aromatic heterocycles. The van der Waals surface area contributed by atoms with E-state index in [0.717, 1.165) is 11.3 Å². The van der Waals surface area contributed by atoms with Crippen LogP contribution in [0.15, 0.2) is 18.3 Å². The highest BCUT2D eigenvalue weighted by Crippen LogP contribution is 2.04. The largest absolute Gasteiger partial charge is 0.299 e. The van der Waals surface area contributed by atoms with Crippen molar-refractivity contribution in [2.45, 2.75) is 26.7 Å². The second kappa shape index (κ2) is 4.00. The molecule has 0 aliphatic rings. The lowest BCUT2D eigenvalue weighted by Crippen LogP contribution is -2.03. The average Bonchev–Trinajstić information content (AvgIpc) is 2.09. The van der Waals surface area contributed by atoms with E-state index in [2.05, 4.69) is 4.98 Å². The predicted molar refractivity (Wildman–Crippen MR) is 48.0 cm³/mol. The third-order valence-electron chi connectivity index (χ3n) is 1.88. The number of pyridine rings is 1. The third-order valence-corrected chi connectivity index (χ3v) is 1.88. The van der Waals surface area contributed by atoms with Gasteiger partial charge in [-0.15, -0.1) is 0 Å². The topological polar surface area (TPSA) is 30.0 Å². The van der Waals surface area contributed by atoms with E-state index in [9.17, 15) is 4.79 Å². The maximum atomic E-state index is 11.1. The van der Waals surface area contributed by atoms with Crippen molar-refractivity contribution in [3.05, 3.63) is 29.6 Å². The fourth-order valence-corrected chi connectivity index (χ4v) is 1.02. The summed E-state index contributed by atoms with van der Waals surface area (Å²) in [4.78, 5) is 15.2. The summed E-state index contributed by atoms with van der Waals surface area (Å²) < 4.78 is 0. The monoisotopic (exact) mass is 163 g/mol. The van der Waals surface area contributed by atoms with Crippen LogP contribution in [0.2, 0.25) is 0 Å². The molecule has 1 heterocycles. The zero-order chi connectivity index (χ0) is 8.97. The van der Waals surface area contributed by atoms with Gasteiger partial charge in [0.25, 0.3) is 0 Å². The highest BCUT2D eigenvalue weighted by molar-refractivity contribution is 5.80. The summed E-state index contributed by atoms with van der Waals surface area (Å²) in [6, 6.07) is 3.86. The lowest BCUT2D eigenvalue weighted by atomic mass is 10.1. The molecule has 0 saturated carbocycles. The van der Waals surface area contributed by atoms with Gasteiger partial charge in [-0.1, -0.05) is 13.0 Å². The van der Waals surface area contributed by atoms with Crippen molar-refractivity contribution in [3.8, 4) is 0 Å². The number of hydrogen-bond donors (Lipinski definition) is 0. The number of carbonyl (C=O) groups excluding carboxylic acids is 1. The van der Waals surface area contributed by atoms with Crippen LogP contribution in [0, 0.1) is 6.92 Å². The maximum Gasteiger partial charge on any atom is 0.138 e. The van der Waals surface area contributed by atoms with Gasteiger partial charge in [0.05, 0.1) is 5.69 Å². The minimum absolute atomic E-state index is 0.247. The van der Waals surface area contributed by atoms with Crippen LogP contribution in [0.3, 0.4) is 0 Å². The summed E-state index contributed by atoms with van der Waals surface area (Å²) in [5.41, 5.74) is 2.00. The summed E-state index contributed by atoms with van der Waals surface area (Å²) in [6.45, 7) is 3.85. The number of carbonyl (C=O) groups is 1. The molecule has 12 heavy (non-hydrogen) atoms. The number of nitrogens with zero attached hydrogens (tertiary/aromatic N) is 1. The second-order valence-corrected chi connectivity index (χ2v) is 2.84. The summed E-state index contributed by atoms with van der Waals surface area (Å²) in [5, 5.41) is 0. The average molecular weight is 163 g/mol. The number of Topliss-reactive ketones (excluding diaryl/α,β-unsaturated/α-hetero) is 1. The van der Waals surface area contributed by atoms with Crippen LogP contribution in [0.25, 0.3) is 0 Å². The number of rotatable bonds is 3. The van der Waals surface area contributed by atoms with Crippen LogP contribution >= 0.6 is 0 Å². The molecule has 2 nitrogen and oxygen atoms in total. The van der Waals surface area contributed by atoms with Gasteiger partial charge in [-0.3, -0.25) is 9.78 Å². The highest BCUT2D eigenvalue weighted by Gasteiger charge is 2.03. The van der Waals surface area contributed by atoms with Crippen LogP contribution in [0.1, 0.15) is 24.6 Å². The van der Waals surface area contributed by atoms with E-state index in [1.54, 1.807) is 6.20 Å². The van der Waals surface area contributed by atoms with Crippen molar-refractivity contribution in [3.63, 3.8) is 0 Å². The molecule has 0 saturated heterocycles. The van der Waals surface area contributed by atoms with Crippen molar-refractivity contribution in [2.24, 2.45) is 0 Å². The van der Waals surface area contributed by atoms with Gasteiger partial charge in [0.1, 0.15) is 5.78 Å². The minimum Gasteiger partial charge on any atom is -0.299 e. The lowest BCUT2D eigenvalue weighted by molar-refractivity contribution is -0.118. The Labute approximate surface area is 72.6 Å².